The van der Waals surface area contributed by atoms with E-state index in [1.54, 1.807) is 30.3 Å². The lowest BCUT2D eigenvalue weighted by atomic mass is 10.1. The largest absolute Gasteiger partial charge is 0.451 e. The fourth-order valence-electron chi connectivity index (χ4n) is 2.22. The van der Waals surface area contributed by atoms with Crippen LogP contribution >= 0.6 is 11.6 Å². The molecule has 0 atom stereocenters. The van der Waals surface area contributed by atoms with E-state index in [0.29, 0.717) is 23.6 Å². The van der Waals surface area contributed by atoms with Gasteiger partial charge in [0, 0.05) is 11.6 Å². The third-order valence-electron chi connectivity index (χ3n) is 3.71. The first kappa shape index (κ1) is 20.2. The molecule has 0 saturated heterocycles. The third kappa shape index (κ3) is 6.96. The standard InChI is InChI=1S/C21H19ClN2O3/c1-15-2-4-17(5-3-15)12-18(13-23)21(26)27-14-20(25)24-11-10-16-6-8-19(22)9-7-16/h2-9,12H,10-11,14H2,1H3,(H,24,25)/b18-12+. The second-order valence-corrected chi connectivity index (χ2v) is 6.32. The van der Waals surface area contributed by atoms with Crippen LogP contribution in [0.1, 0.15) is 16.7 Å². The summed E-state index contributed by atoms with van der Waals surface area (Å²) in [6.07, 6.45) is 2.06. The highest BCUT2D eigenvalue weighted by atomic mass is 35.5. The molecule has 138 valence electrons. The molecule has 0 aliphatic heterocycles. The van der Waals surface area contributed by atoms with Gasteiger partial charge in [0.05, 0.1) is 0 Å². The van der Waals surface area contributed by atoms with Crippen LogP contribution in [0, 0.1) is 18.3 Å². The van der Waals surface area contributed by atoms with Crippen molar-refractivity contribution in [3.63, 3.8) is 0 Å². The Hall–Kier alpha value is -3.10. The molecule has 1 amide bonds. The number of halogens is 1. The number of carbonyl (C=O) groups is 2. The molecule has 6 heteroatoms. The Labute approximate surface area is 163 Å². The molecule has 0 aliphatic rings. The van der Waals surface area contributed by atoms with Gasteiger partial charge < -0.3 is 10.1 Å². The van der Waals surface area contributed by atoms with Gasteiger partial charge in [0.1, 0.15) is 11.6 Å². The van der Waals surface area contributed by atoms with E-state index in [-0.39, 0.29) is 5.57 Å². The zero-order valence-electron chi connectivity index (χ0n) is 14.9. The number of hydrogen-bond donors (Lipinski definition) is 1. The van der Waals surface area contributed by atoms with Gasteiger partial charge in [0.15, 0.2) is 6.61 Å². The third-order valence-corrected chi connectivity index (χ3v) is 3.96. The molecule has 0 radical (unpaired) electrons. The van der Waals surface area contributed by atoms with Crippen LogP contribution in [0.15, 0.2) is 54.1 Å². The van der Waals surface area contributed by atoms with Crippen molar-refractivity contribution in [1.29, 1.82) is 5.26 Å². The number of amides is 1. The lowest BCUT2D eigenvalue weighted by molar-refractivity contribution is -0.144. The van der Waals surface area contributed by atoms with Crippen LogP contribution < -0.4 is 5.32 Å². The van der Waals surface area contributed by atoms with Gasteiger partial charge in [-0.05, 0) is 42.7 Å². The number of nitriles is 1. The number of nitrogens with one attached hydrogen (secondary N) is 1. The smallest absolute Gasteiger partial charge is 0.349 e. The van der Waals surface area contributed by atoms with Gasteiger partial charge in [-0.1, -0.05) is 53.6 Å². The van der Waals surface area contributed by atoms with E-state index in [0.717, 1.165) is 11.1 Å². The van der Waals surface area contributed by atoms with Crippen LogP contribution in [0.5, 0.6) is 0 Å². The molecule has 5 nitrogen and oxygen atoms in total. The summed E-state index contributed by atoms with van der Waals surface area (Å²) in [4.78, 5) is 23.8. The quantitative estimate of drug-likeness (QED) is 0.452. The fraction of sp³-hybridized carbons (Fsp3) is 0.190. The summed E-state index contributed by atoms with van der Waals surface area (Å²) < 4.78 is 4.91. The van der Waals surface area contributed by atoms with Gasteiger partial charge >= 0.3 is 5.97 Å². The Morgan fingerprint density at radius 1 is 1.15 bits per heavy atom. The average Bonchev–Trinajstić information content (AvgIpc) is 2.67. The van der Waals surface area contributed by atoms with Crippen LogP contribution in [0.3, 0.4) is 0 Å². The Balaban J connectivity index is 1.79. The van der Waals surface area contributed by atoms with E-state index in [2.05, 4.69) is 5.32 Å². The molecule has 2 rings (SSSR count). The van der Waals surface area contributed by atoms with Crippen LogP contribution in [0.4, 0.5) is 0 Å². The minimum Gasteiger partial charge on any atom is -0.451 e. The van der Waals surface area contributed by atoms with E-state index in [1.165, 1.54) is 6.08 Å². The number of carbonyl (C=O) groups excluding carboxylic acids is 2. The number of benzene rings is 2. The lowest BCUT2D eigenvalue weighted by Gasteiger charge is -2.06. The zero-order valence-corrected chi connectivity index (χ0v) is 15.6. The fourth-order valence-corrected chi connectivity index (χ4v) is 2.35. The molecule has 1 N–H and O–H groups in total. The summed E-state index contributed by atoms with van der Waals surface area (Å²) >= 11 is 5.82. The summed E-state index contributed by atoms with van der Waals surface area (Å²) in [6.45, 7) is 1.91. The number of hydrogen-bond acceptors (Lipinski definition) is 4. The van der Waals surface area contributed by atoms with Crippen molar-refractivity contribution in [3.05, 3.63) is 75.8 Å². The highest BCUT2D eigenvalue weighted by molar-refractivity contribution is 6.30. The van der Waals surface area contributed by atoms with Crippen molar-refractivity contribution >= 4 is 29.6 Å². The SMILES string of the molecule is Cc1ccc(/C=C(\C#N)C(=O)OCC(=O)NCCc2ccc(Cl)cc2)cc1. The summed E-state index contributed by atoms with van der Waals surface area (Å²) in [6, 6.07) is 16.5. The maximum Gasteiger partial charge on any atom is 0.349 e. The molecule has 0 unspecified atom stereocenters. The van der Waals surface area contributed by atoms with Crippen molar-refractivity contribution in [1.82, 2.24) is 5.32 Å². The Morgan fingerprint density at radius 3 is 2.44 bits per heavy atom. The van der Waals surface area contributed by atoms with Gasteiger partial charge in [0.25, 0.3) is 5.91 Å². The van der Waals surface area contributed by atoms with Gasteiger partial charge in [-0.3, -0.25) is 4.79 Å². The highest BCUT2D eigenvalue weighted by Crippen LogP contribution is 2.10. The van der Waals surface area contributed by atoms with Crippen LogP contribution in [0.25, 0.3) is 6.08 Å². The summed E-state index contributed by atoms with van der Waals surface area (Å²) in [7, 11) is 0. The summed E-state index contributed by atoms with van der Waals surface area (Å²) in [5.41, 5.74) is 2.65. The summed E-state index contributed by atoms with van der Waals surface area (Å²) in [5, 5.41) is 12.5. The Kier molecular flexibility index (Phi) is 7.60. The van der Waals surface area contributed by atoms with Crippen molar-refractivity contribution < 1.29 is 14.3 Å². The topological polar surface area (TPSA) is 79.2 Å². The lowest BCUT2D eigenvalue weighted by Crippen LogP contribution is -2.30. The average molecular weight is 383 g/mol. The van der Waals surface area contributed by atoms with Gasteiger partial charge in [0.2, 0.25) is 0 Å². The zero-order chi connectivity index (χ0) is 19.6. The molecular weight excluding hydrogens is 364 g/mol. The molecular formula is C21H19ClN2O3. The van der Waals surface area contributed by atoms with Gasteiger partial charge in [-0.25, -0.2) is 4.79 Å². The van der Waals surface area contributed by atoms with E-state index >= 15 is 0 Å². The molecule has 0 spiro atoms. The van der Waals surface area contributed by atoms with Crippen LogP contribution in [-0.2, 0) is 20.7 Å². The van der Waals surface area contributed by atoms with E-state index in [9.17, 15) is 9.59 Å². The molecule has 2 aromatic carbocycles. The number of ether oxygens (including phenoxy) is 1. The Morgan fingerprint density at radius 2 is 1.81 bits per heavy atom. The first-order valence-corrected chi connectivity index (χ1v) is 8.72. The molecule has 0 saturated carbocycles. The van der Waals surface area contributed by atoms with E-state index in [1.807, 2.05) is 31.2 Å². The van der Waals surface area contributed by atoms with Crippen molar-refractivity contribution in [2.24, 2.45) is 0 Å². The molecule has 0 heterocycles. The number of rotatable bonds is 7. The molecule has 0 aromatic heterocycles. The molecule has 0 bridgehead atoms. The van der Waals surface area contributed by atoms with E-state index < -0.39 is 18.5 Å². The molecule has 2 aromatic rings. The number of esters is 1. The normalized spacial score (nSPS) is 10.8. The van der Waals surface area contributed by atoms with Gasteiger partial charge in [-0.2, -0.15) is 5.26 Å². The second kappa shape index (κ2) is 10.1. The molecule has 0 fully saturated rings. The minimum absolute atomic E-state index is 0.159. The van der Waals surface area contributed by atoms with Crippen molar-refractivity contribution in [2.75, 3.05) is 13.2 Å². The number of aryl methyl sites for hydroxylation is 1. The highest BCUT2D eigenvalue weighted by Gasteiger charge is 2.13. The maximum absolute atomic E-state index is 12.0. The first-order valence-electron chi connectivity index (χ1n) is 8.34. The monoisotopic (exact) mass is 382 g/mol. The second-order valence-electron chi connectivity index (χ2n) is 5.88. The number of nitrogens with zero attached hydrogens (tertiary/aromatic N) is 1. The first-order chi connectivity index (χ1) is 13.0. The summed E-state index contributed by atoms with van der Waals surface area (Å²) in [5.74, 6) is -1.25. The molecule has 0 aliphatic carbocycles. The van der Waals surface area contributed by atoms with Crippen LogP contribution in [0.2, 0.25) is 5.02 Å². The predicted molar refractivity (Wildman–Crippen MR) is 104 cm³/mol. The van der Waals surface area contributed by atoms with Gasteiger partial charge in [-0.15, -0.1) is 0 Å². The molecule has 27 heavy (non-hydrogen) atoms. The van der Waals surface area contributed by atoms with E-state index in [4.69, 9.17) is 21.6 Å². The van der Waals surface area contributed by atoms with Crippen molar-refractivity contribution in [2.45, 2.75) is 13.3 Å². The maximum atomic E-state index is 12.0. The van der Waals surface area contributed by atoms with Crippen LogP contribution in [-0.4, -0.2) is 25.0 Å². The minimum atomic E-state index is -0.828. The predicted octanol–water partition coefficient (Wildman–Crippen LogP) is 3.46. The Bertz CT molecular complexity index is 866. The van der Waals surface area contributed by atoms with Crippen molar-refractivity contribution in [3.8, 4) is 6.07 Å².